The minimum atomic E-state index is 0.678. The monoisotopic (exact) mass is 267 g/mol. The molecule has 0 saturated heterocycles. The van der Waals surface area contributed by atoms with Crippen LogP contribution in [0.1, 0.15) is 5.56 Å². The van der Waals surface area contributed by atoms with E-state index in [1.807, 2.05) is 24.4 Å². The van der Waals surface area contributed by atoms with Gasteiger partial charge < -0.3 is 4.74 Å². The predicted molar refractivity (Wildman–Crippen MR) is 59.8 cm³/mol. The van der Waals surface area contributed by atoms with Gasteiger partial charge in [-0.1, -0.05) is 17.3 Å². The highest BCUT2D eigenvalue weighted by atomic mass is 79.9. The number of aromatic nitrogens is 3. The molecule has 5 heteroatoms. The van der Waals surface area contributed by atoms with Gasteiger partial charge in [0.15, 0.2) is 0 Å². The van der Waals surface area contributed by atoms with Crippen LogP contribution in [-0.2, 0) is 6.54 Å². The summed E-state index contributed by atoms with van der Waals surface area (Å²) in [6.07, 6.45) is 3.49. The molecule has 2 aromatic rings. The lowest BCUT2D eigenvalue weighted by Crippen LogP contribution is -2.01. The van der Waals surface area contributed by atoms with Crippen molar-refractivity contribution in [3.63, 3.8) is 0 Å². The summed E-state index contributed by atoms with van der Waals surface area (Å²) in [6, 6.07) is 5.89. The van der Waals surface area contributed by atoms with Crippen LogP contribution in [0.15, 0.2) is 35.1 Å². The van der Waals surface area contributed by atoms with Crippen molar-refractivity contribution in [3.05, 3.63) is 40.6 Å². The normalized spacial score (nSPS) is 10.3. The maximum atomic E-state index is 5.21. The summed E-state index contributed by atoms with van der Waals surface area (Å²) in [6.45, 7) is 0.678. The molecule has 1 aromatic heterocycles. The van der Waals surface area contributed by atoms with Crippen molar-refractivity contribution >= 4 is 15.9 Å². The topological polar surface area (TPSA) is 39.9 Å². The molecule has 0 radical (unpaired) electrons. The molecule has 0 amide bonds. The molecule has 0 aliphatic heterocycles. The van der Waals surface area contributed by atoms with Crippen molar-refractivity contribution in [1.29, 1.82) is 0 Å². The highest BCUT2D eigenvalue weighted by Crippen LogP contribution is 2.28. The number of benzene rings is 1. The smallest absolute Gasteiger partial charge is 0.133 e. The van der Waals surface area contributed by atoms with Crippen LogP contribution in [0.25, 0.3) is 0 Å². The minimum absolute atomic E-state index is 0.678. The van der Waals surface area contributed by atoms with E-state index in [1.54, 1.807) is 18.0 Å². The highest BCUT2D eigenvalue weighted by Gasteiger charge is 2.06. The second-order valence-corrected chi connectivity index (χ2v) is 3.83. The summed E-state index contributed by atoms with van der Waals surface area (Å²) in [5.41, 5.74) is 1.11. The Balaban J connectivity index is 2.29. The molecule has 0 saturated carbocycles. The zero-order chi connectivity index (χ0) is 10.7. The van der Waals surface area contributed by atoms with Gasteiger partial charge >= 0.3 is 0 Å². The van der Waals surface area contributed by atoms with Gasteiger partial charge in [0, 0.05) is 6.20 Å². The number of hydrogen-bond acceptors (Lipinski definition) is 3. The van der Waals surface area contributed by atoms with Crippen molar-refractivity contribution in [3.8, 4) is 5.75 Å². The Morgan fingerprint density at radius 2 is 2.33 bits per heavy atom. The summed E-state index contributed by atoms with van der Waals surface area (Å²) in [4.78, 5) is 0. The lowest BCUT2D eigenvalue weighted by molar-refractivity contribution is 0.411. The van der Waals surface area contributed by atoms with Crippen LogP contribution >= 0.6 is 15.9 Å². The Bertz CT molecular complexity index is 442. The molecule has 1 aromatic carbocycles. The van der Waals surface area contributed by atoms with Crippen LogP contribution in [-0.4, -0.2) is 22.1 Å². The Hall–Kier alpha value is -1.36. The summed E-state index contributed by atoms with van der Waals surface area (Å²) in [7, 11) is 1.65. The van der Waals surface area contributed by atoms with Crippen molar-refractivity contribution in [2.75, 3.05) is 7.11 Å². The van der Waals surface area contributed by atoms with Crippen molar-refractivity contribution in [2.24, 2.45) is 0 Å². The third-order valence-electron chi connectivity index (χ3n) is 2.07. The van der Waals surface area contributed by atoms with Gasteiger partial charge in [-0.05, 0) is 27.6 Å². The van der Waals surface area contributed by atoms with Gasteiger partial charge in [0.05, 0.1) is 24.3 Å². The zero-order valence-electron chi connectivity index (χ0n) is 8.22. The molecular weight excluding hydrogens is 258 g/mol. The lowest BCUT2D eigenvalue weighted by atomic mass is 10.2. The van der Waals surface area contributed by atoms with E-state index in [-0.39, 0.29) is 0 Å². The van der Waals surface area contributed by atoms with Gasteiger partial charge in [-0.25, -0.2) is 4.68 Å². The van der Waals surface area contributed by atoms with E-state index < -0.39 is 0 Å². The van der Waals surface area contributed by atoms with Gasteiger partial charge in [0.1, 0.15) is 5.75 Å². The minimum Gasteiger partial charge on any atom is -0.496 e. The Labute approximate surface area is 96.0 Å². The van der Waals surface area contributed by atoms with Gasteiger partial charge in [0.2, 0.25) is 0 Å². The molecule has 2 rings (SSSR count). The van der Waals surface area contributed by atoms with Crippen molar-refractivity contribution in [2.45, 2.75) is 6.54 Å². The molecule has 0 spiro atoms. The Morgan fingerprint density at radius 3 is 3.00 bits per heavy atom. The first-order valence-corrected chi connectivity index (χ1v) is 5.26. The van der Waals surface area contributed by atoms with Gasteiger partial charge in [-0.15, -0.1) is 5.10 Å². The van der Waals surface area contributed by atoms with Crippen molar-refractivity contribution in [1.82, 2.24) is 15.0 Å². The standard InChI is InChI=1S/C10H10BrN3O/c1-15-9-4-2-3-8(10(9)11)7-14-6-5-12-13-14/h2-6H,7H2,1H3. The number of methoxy groups -OCH3 is 1. The van der Waals surface area contributed by atoms with Crippen LogP contribution in [0.4, 0.5) is 0 Å². The van der Waals surface area contributed by atoms with Crippen LogP contribution in [0, 0.1) is 0 Å². The van der Waals surface area contributed by atoms with E-state index in [2.05, 4.69) is 26.2 Å². The first-order chi connectivity index (χ1) is 7.31. The number of rotatable bonds is 3. The summed E-state index contributed by atoms with van der Waals surface area (Å²) in [5, 5.41) is 7.67. The molecule has 0 fully saturated rings. The zero-order valence-corrected chi connectivity index (χ0v) is 9.81. The second-order valence-electron chi connectivity index (χ2n) is 3.03. The van der Waals surface area contributed by atoms with E-state index in [1.165, 1.54) is 0 Å². The molecule has 4 nitrogen and oxygen atoms in total. The van der Waals surface area contributed by atoms with E-state index in [0.717, 1.165) is 15.8 Å². The molecule has 0 unspecified atom stereocenters. The maximum Gasteiger partial charge on any atom is 0.133 e. The lowest BCUT2D eigenvalue weighted by Gasteiger charge is -2.08. The van der Waals surface area contributed by atoms with Crippen LogP contribution in [0.5, 0.6) is 5.75 Å². The van der Waals surface area contributed by atoms with Crippen molar-refractivity contribution < 1.29 is 4.74 Å². The largest absolute Gasteiger partial charge is 0.496 e. The summed E-state index contributed by atoms with van der Waals surface area (Å²) in [5.74, 6) is 0.826. The average Bonchev–Trinajstić information content (AvgIpc) is 2.74. The van der Waals surface area contributed by atoms with E-state index in [0.29, 0.717) is 6.54 Å². The molecule has 0 aliphatic rings. The molecule has 78 valence electrons. The number of nitrogens with zero attached hydrogens (tertiary/aromatic N) is 3. The number of ether oxygens (including phenoxy) is 1. The first kappa shape index (κ1) is 10.2. The first-order valence-electron chi connectivity index (χ1n) is 4.46. The van der Waals surface area contributed by atoms with E-state index in [9.17, 15) is 0 Å². The molecular formula is C10H10BrN3O. The van der Waals surface area contributed by atoms with Gasteiger partial charge in [-0.3, -0.25) is 0 Å². The van der Waals surface area contributed by atoms with E-state index >= 15 is 0 Å². The molecule has 0 atom stereocenters. The van der Waals surface area contributed by atoms with Crippen LogP contribution in [0.3, 0.4) is 0 Å². The molecule has 0 N–H and O–H groups in total. The Morgan fingerprint density at radius 1 is 1.47 bits per heavy atom. The highest BCUT2D eigenvalue weighted by molar-refractivity contribution is 9.10. The Kier molecular flexibility index (Phi) is 3.01. The third kappa shape index (κ3) is 2.18. The third-order valence-corrected chi connectivity index (χ3v) is 2.97. The quantitative estimate of drug-likeness (QED) is 0.855. The second kappa shape index (κ2) is 4.44. The number of halogens is 1. The fourth-order valence-electron chi connectivity index (χ4n) is 1.33. The average molecular weight is 268 g/mol. The molecule has 0 aliphatic carbocycles. The fraction of sp³-hybridized carbons (Fsp3) is 0.200. The van der Waals surface area contributed by atoms with Crippen LogP contribution in [0.2, 0.25) is 0 Å². The number of hydrogen-bond donors (Lipinski definition) is 0. The summed E-state index contributed by atoms with van der Waals surface area (Å²) < 4.78 is 7.94. The molecule has 15 heavy (non-hydrogen) atoms. The molecule has 1 heterocycles. The van der Waals surface area contributed by atoms with Gasteiger partial charge in [-0.2, -0.15) is 0 Å². The fourth-order valence-corrected chi connectivity index (χ4v) is 1.88. The molecule has 0 bridgehead atoms. The maximum absolute atomic E-state index is 5.21. The SMILES string of the molecule is COc1cccc(Cn2ccnn2)c1Br. The van der Waals surface area contributed by atoms with E-state index in [4.69, 9.17) is 4.74 Å². The summed E-state index contributed by atoms with van der Waals surface area (Å²) >= 11 is 3.50. The van der Waals surface area contributed by atoms with Gasteiger partial charge in [0.25, 0.3) is 0 Å². The predicted octanol–water partition coefficient (Wildman–Crippen LogP) is 2.10. The van der Waals surface area contributed by atoms with Crippen LogP contribution < -0.4 is 4.74 Å².